The molecule has 0 aliphatic heterocycles. The Balaban J connectivity index is 2.65. The van der Waals surface area contributed by atoms with Gasteiger partial charge in [0, 0.05) is 5.39 Å². The van der Waals surface area contributed by atoms with Gasteiger partial charge >= 0.3 is 0 Å². The van der Waals surface area contributed by atoms with Crippen molar-refractivity contribution in [2.45, 2.75) is 0 Å². The molecule has 3 aromatic rings. The SMILES string of the molecule is c1coc2ccc3nnnc3c2c1. The molecule has 0 N–H and O–H groups in total. The zero-order valence-electron chi connectivity index (χ0n) is 6.64. The number of benzene rings is 1. The van der Waals surface area contributed by atoms with Crippen LogP contribution in [0.3, 0.4) is 0 Å². The van der Waals surface area contributed by atoms with Crippen LogP contribution in [-0.2, 0) is 0 Å². The Morgan fingerprint density at radius 2 is 2.08 bits per heavy atom. The Kier molecular flexibility index (Phi) is 1.14. The van der Waals surface area contributed by atoms with Gasteiger partial charge in [0.05, 0.1) is 6.26 Å². The lowest BCUT2D eigenvalue weighted by atomic mass is 10.2. The molecule has 0 spiro atoms. The second kappa shape index (κ2) is 2.26. The summed E-state index contributed by atoms with van der Waals surface area (Å²) in [6.45, 7) is 0. The third-order valence-corrected chi connectivity index (χ3v) is 1.99. The average Bonchev–Trinajstić information content (AvgIpc) is 2.65. The molecule has 4 heteroatoms. The first kappa shape index (κ1) is 6.54. The maximum atomic E-state index is 5.29. The number of hydrogen-bond acceptors (Lipinski definition) is 4. The van der Waals surface area contributed by atoms with Crippen LogP contribution >= 0.6 is 0 Å². The second-order valence-corrected chi connectivity index (χ2v) is 2.75. The molecular weight excluding hydrogens is 166 g/mol. The summed E-state index contributed by atoms with van der Waals surface area (Å²) < 4.78 is 5.29. The van der Waals surface area contributed by atoms with Gasteiger partial charge in [0.25, 0.3) is 0 Å². The number of nitrogens with zero attached hydrogens (tertiary/aromatic N) is 3. The molecule has 0 saturated carbocycles. The highest BCUT2D eigenvalue weighted by molar-refractivity contribution is 6.00. The molecule has 2 aromatic heterocycles. The van der Waals surface area contributed by atoms with Gasteiger partial charge in [-0.2, -0.15) is 0 Å². The van der Waals surface area contributed by atoms with Crippen LogP contribution in [0.5, 0.6) is 0 Å². The third-order valence-electron chi connectivity index (χ3n) is 1.99. The van der Waals surface area contributed by atoms with Gasteiger partial charge in [-0.3, -0.25) is 0 Å². The van der Waals surface area contributed by atoms with Crippen LogP contribution in [0.4, 0.5) is 0 Å². The van der Waals surface area contributed by atoms with Crippen molar-refractivity contribution in [3.63, 3.8) is 0 Å². The standard InChI is InChI=1S/C9H5N3O/c1-2-6-8(13-5-1)4-3-7-9(6)11-12-10-7/h1-5H. The molecule has 62 valence electrons. The first-order valence-electron chi connectivity index (χ1n) is 3.90. The van der Waals surface area contributed by atoms with Crippen LogP contribution in [0.2, 0.25) is 0 Å². The maximum Gasteiger partial charge on any atom is 0.136 e. The topological polar surface area (TPSA) is 51.8 Å². The summed E-state index contributed by atoms with van der Waals surface area (Å²) in [7, 11) is 0. The molecule has 0 saturated heterocycles. The van der Waals surface area contributed by atoms with E-state index in [0.29, 0.717) is 0 Å². The van der Waals surface area contributed by atoms with Gasteiger partial charge in [-0.25, -0.2) is 0 Å². The third kappa shape index (κ3) is 0.823. The van der Waals surface area contributed by atoms with Crippen LogP contribution in [0.15, 0.2) is 34.9 Å². The minimum Gasteiger partial charge on any atom is -0.464 e. The zero-order valence-corrected chi connectivity index (χ0v) is 6.64. The van der Waals surface area contributed by atoms with Crippen molar-refractivity contribution in [1.29, 1.82) is 0 Å². The lowest BCUT2D eigenvalue weighted by Crippen LogP contribution is -1.74. The summed E-state index contributed by atoms with van der Waals surface area (Å²) in [6, 6.07) is 7.49. The van der Waals surface area contributed by atoms with Gasteiger partial charge < -0.3 is 4.42 Å². The molecule has 0 radical (unpaired) electrons. The molecule has 0 amide bonds. The van der Waals surface area contributed by atoms with E-state index in [-0.39, 0.29) is 0 Å². The van der Waals surface area contributed by atoms with E-state index in [4.69, 9.17) is 4.42 Å². The Labute approximate surface area is 73.2 Å². The molecule has 1 aromatic carbocycles. The summed E-state index contributed by atoms with van der Waals surface area (Å²) in [4.78, 5) is 0. The summed E-state index contributed by atoms with van der Waals surface area (Å²) in [5.74, 6) is 0. The lowest BCUT2D eigenvalue weighted by molar-refractivity contribution is 0.604. The Morgan fingerprint density at radius 3 is 3.08 bits per heavy atom. The first-order valence-corrected chi connectivity index (χ1v) is 3.90. The summed E-state index contributed by atoms with van der Waals surface area (Å²) >= 11 is 0. The van der Waals surface area contributed by atoms with E-state index < -0.39 is 0 Å². The van der Waals surface area contributed by atoms with Crippen molar-refractivity contribution in [2.24, 2.45) is 0 Å². The molecule has 0 fully saturated rings. The largest absolute Gasteiger partial charge is 0.464 e. The lowest BCUT2D eigenvalue weighted by Gasteiger charge is -1.94. The number of hydrogen-bond donors (Lipinski definition) is 0. The fourth-order valence-electron chi connectivity index (χ4n) is 1.39. The Bertz CT molecular complexity index is 573. The smallest absolute Gasteiger partial charge is 0.136 e. The van der Waals surface area contributed by atoms with Crippen molar-refractivity contribution >= 4 is 22.0 Å². The van der Waals surface area contributed by atoms with Crippen molar-refractivity contribution in [3.8, 4) is 0 Å². The van der Waals surface area contributed by atoms with Crippen molar-refractivity contribution in [2.75, 3.05) is 0 Å². The Morgan fingerprint density at radius 1 is 1.08 bits per heavy atom. The molecule has 0 atom stereocenters. The highest BCUT2D eigenvalue weighted by Crippen LogP contribution is 2.20. The van der Waals surface area contributed by atoms with Crippen molar-refractivity contribution in [3.05, 3.63) is 30.5 Å². The maximum absolute atomic E-state index is 5.29. The average molecular weight is 171 g/mol. The van der Waals surface area contributed by atoms with Gasteiger partial charge in [0.15, 0.2) is 0 Å². The monoisotopic (exact) mass is 171 g/mol. The van der Waals surface area contributed by atoms with E-state index in [1.165, 1.54) is 0 Å². The van der Waals surface area contributed by atoms with Crippen LogP contribution in [0.25, 0.3) is 22.0 Å². The fraction of sp³-hybridized carbons (Fsp3) is 0. The van der Waals surface area contributed by atoms with Gasteiger partial charge in [0.2, 0.25) is 0 Å². The zero-order chi connectivity index (χ0) is 8.67. The van der Waals surface area contributed by atoms with E-state index in [1.807, 2.05) is 24.3 Å². The van der Waals surface area contributed by atoms with Crippen LogP contribution in [0, 0.1) is 0 Å². The fourth-order valence-corrected chi connectivity index (χ4v) is 1.39. The molecule has 0 unspecified atom stereocenters. The number of rotatable bonds is 0. The predicted molar refractivity (Wildman–Crippen MR) is 47.1 cm³/mol. The van der Waals surface area contributed by atoms with E-state index in [0.717, 1.165) is 22.0 Å². The molecule has 4 nitrogen and oxygen atoms in total. The summed E-state index contributed by atoms with van der Waals surface area (Å²) in [5.41, 5.74) is 2.40. The van der Waals surface area contributed by atoms with Crippen LogP contribution in [-0.4, -0.2) is 15.4 Å². The van der Waals surface area contributed by atoms with Crippen LogP contribution < -0.4 is 0 Å². The van der Waals surface area contributed by atoms with E-state index in [2.05, 4.69) is 15.4 Å². The summed E-state index contributed by atoms with van der Waals surface area (Å²) in [5, 5.41) is 12.4. The Hall–Kier alpha value is -1.97. The molecule has 0 aliphatic rings. The second-order valence-electron chi connectivity index (χ2n) is 2.75. The molecule has 13 heavy (non-hydrogen) atoms. The van der Waals surface area contributed by atoms with Crippen molar-refractivity contribution in [1.82, 2.24) is 15.4 Å². The number of fused-ring (bicyclic) bond motifs is 3. The molecule has 2 heterocycles. The predicted octanol–water partition coefficient (Wildman–Crippen LogP) is 1.77. The van der Waals surface area contributed by atoms with Gasteiger partial charge in [0.1, 0.15) is 16.6 Å². The summed E-state index contributed by atoms with van der Waals surface area (Å²) in [6.07, 6.45) is 1.64. The molecule has 0 bridgehead atoms. The van der Waals surface area contributed by atoms with E-state index >= 15 is 0 Å². The van der Waals surface area contributed by atoms with Gasteiger partial charge in [-0.15, -0.1) is 10.2 Å². The molecular formula is C9H5N3O. The normalized spacial score (nSPS) is 11.1. The molecule has 3 rings (SSSR count). The quantitative estimate of drug-likeness (QED) is 0.517. The minimum atomic E-state index is 0.793. The van der Waals surface area contributed by atoms with Crippen molar-refractivity contribution < 1.29 is 4.42 Å². The van der Waals surface area contributed by atoms with E-state index in [9.17, 15) is 0 Å². The van der Waals surface area contributed by atoms with E-state index in [1.54, 1.807) is 6.26 Å². The number of aromatic nitrogens is 3. The van der Waals surface area contributed by atoms with Gasteiger partial charge in [-0.1, -0.05) is 0 Å². The highest BCUT2D eigenvalue weighted by atomic mass is 16.3. The minimum absolute atomic E-state index is 0.793. The van der Waals surface area contributed by atoms with Crippen LogP contribution in [0.1, 0.15) is 0 Å². The molecule has 0 aliphatic carbocycles. The highest BCUT2D eigenvalue weighted by Gasteiger charge is 2.04. The first-order chi connectivity index (χ1) is 6.45. The van der Waals surface area contributed by atoms with Gasteiger partial charge in [-0.05, 0) is 29.5 Å².